The number of nitrogens with one attached hydrogen (secondary N) is 2. The van der Waals surface area contributed by atoms with Gasteiger partial charge >= 0.3 is 0 Å². The molecular formula is C14H20N2O3. The standard InChI is InChI=1S/C14H20N2O3/c1-9-6-11(7-13(18)16-9)14(19)15-8-10-4-2-3-5-12(10)17/h6-7,10,12,17H,2-5,8H2,1H3,(H,15,19)(H,16,18). The molecule has 2 atom stereocenters. The minimum atomic E-state index is -0.324. The summed E-state index contributed by atoms with van der Waals surface area (Å²) in [5.41, 5.74) is 0.754. The number of H-pyrrole nitrogens is 1. The molecule has 0 saturated heterocycles. The zero-order valence-electron chi connectivity index (χ0n) is 11.1. The number of carbonyl (C=O) groups is 1. The number of amides is 1. The maximum absolute atomic E-state index is 12.0. The molecular weight excluding hydrogens is 244 g/mol. The Balaban J connectivity index is 1.95. The molecule has 1 aliphatic carbocycles. The molecule has 1 saturated carbocycles. The van der Waals surface area contributed by atoms with Gasteiger partial charge in [-0.25, -0.2) is 0 Å². The van der Waals surface area contributed by atoms with Gasteiger partial charge in [-0.05, 0) is 25.8 Å². The highest BCUT2D eigenvalue weighted by molar-refractivity contribution is 5.94. The van der Waals surface area contributed by atoms with E-state index in [1.807, 2.05) is 0 Å². The number of carbonyl (C=O) groups excluding carboxylic acids is 1. The summed E-state index contributed by atoms with van der Waals surface area (Å²) in [6, 6.07) is 2.94. The first-order valence-corrected chi connectivity index (χ1v) is 6.73. The molecule has 1 aliphatic rings. The fourth-order valence-electron chi connectivity index (χ4n) is 2.57. The molecule has 1 amide bonds. The molecule has 0 aromatic carbocycles. The molecule has 0 radical (unpaired) electrons. The summed E-state index contributed by atoms with van der Waals surface area (Å²) in [5.74, 6) is -0.132. The van der Waals surface area contributed by atoms with Gasteiger partial charge in [0, 0.05) is 29.8 Å². The van der Waals surface area contributed by atoms with Crippen LogP contribution in [0.1, 0.15) is 41.7 Å². The van der Waals surface area contributed by atoms with Crippen LogP contribution in [0.25, 0.3) is 0 Å². The predicted octanol–water partition coefficient (Wildman–Crippen LogP) is 0.964. The molecule has 5 nitrogen and oxygen atoms in total. The van der Waals surface area contributed by atoms with Crippen LogP contribution in [-0.4, -0.2) is 28.6 Å². The summed E-state index contributed by atoms with van der Waals surface area (Å²) >= 11 is 0. The van der Waals surface area contributed by atoms with E-state index in [-0.39, 0.29) is 23.5 Å². The van der Waals surface area contributed by atoms with Crippen LogP contribution in [0.2, 0.25) is 0 Å². The van der Waals surface area contributed by atoms with Crippen molar-refractivity contribution in [2.24, 2.45) is 5.92 Å². The van der Waals surface area contributed by atoms with Crippen molar-refractivity contribution in [3.05, 3.63) is 33.7 Å². The van der Waals surface area contributed by atoms with Crippen molar-refractivity contribution in [2.75, 3.05) is 6.54 Å². The van der Waals surface area contributed by atoms with Crippen LogP contribution >= 0.6 is 0 Å². The van der Waals surface area contributed by atoms with Crippen molar-refractivity contribution >= 4 is 5.91 Å². The van der Waals surface area contributed by atoms with E-state index in [0.717, 1.165) is 25.7 Å². The topological polar surface area (TPSA) is 82.2 Å². The van der Waals surface area contributed by atoms with Crippen LogP contribution in [0.15, 0.2) is 16.9 Å². The van der Waals surface area contributed by atoms with Gasteiger partial charge in [0.05, 0.1) is 6.10 Å². The third-order valence-electron chi connectivity index (χ3n) is 3.63. The molecule has 1 heterocycles. The van der Waals surface area contributed by atoms with Crippen molar-refractivity contribution < 1.29 is 9.90 Å². The normalized spacial score (nSPS) is 23.1. The van der Waals surface area contributed by atoms with Gasteiger partial charge in [0.15, 0.2) is 0 Å². The maximum atomic E-state index is 12.0. The fourth-order valence-corrected chi connectivity index (χ4v) is 2.57. The van der Waals surface area contributed by atoms with E-state index in [1.54, 1.807) is 13.0 Å². The van der Waals surface area contributed by atoms with Gasteiger partial charge in [0.1, 0.15) is 0 Å². The van der Waals surface area contributed by atoms with Crippen molar-refractivity contribution in [3.63, 3.8) is 0 Å². The van der Waals surface area contributed by atoms with Gasteiger partial charge in [-0.3, -0.25) is 9.59 Å². The molecule has 2 unspecified atom stereocenters. The lowest BCUT2D eigenvalue weighted by Gasteiger charge is -2.27. The van der Waals surface area contributed by atoms with Crippen molar-refractivity contribution in [2.45, 2.75) is 38.7 Å². The van der Waals surface area contributed by atoms with Gasteiger partial charge in [0.2, 0.25) is 5.56 Å². The van der Waals surface area contributed by atoms with E-state index in [1.165, 1.54) is 6.07 Å². The Morgan fingerprint density at radius 3 is 2.84 bits per heavy atom. The summed E-state index contributed by atoms with van der Waals surface area (Å²) in [5, 5.41) is 12.6. The Bertz CT molecular complexity index is 510. The lowest BCUT2D eigenvalue weighted by atomic mass is 9.86. The van der Waals surface area contributed by atoms with Gasteiger partial charge in [-0.1, -0.05) is 12.8 Å². The fraction of sp³-hybridized carbons (Fsp3) is 0.571. The summed E-state index contributed by atoms with van der Waals surface area (Å²) in [6.07, 6.45) is 3.58. The number of aliphatic hydroxyl groups excluding tert-OH is 1. The molecule has 0 bridgehead atoms. The van der Waals surface area contributed by atoms with Gasteiger partial charge in [-0.15, -0.1) is 0 Å². The highest BCUT2D eigenvalue weighted by Crippen LogP contribution is 2.23. The van der Waals surface area contributed by atoms with Gasteiger partial charge in [-0.2, -0.15) is 0 Å². The minimum absolute atomic E-state index is 0.126. The summed E-state index contributed by atoms with van der Waals surface area (Å²) < 4.78 is 0. The molecule has 1 fully saturated rings. The molecule has 1 aromatic rings. The molecule has 104 valence electrons. The zero-order chi connectivity index (χ0) is 13.8. The third kappa shape index (κ3) is 3.67. The highest BCUT2D eigenvalue weighted by Gasteiger charge is 2.23. The first-order valence-electron chi connectivity index (χ1n) is 6.73. The van der Waals surface area contributed by atoms with Crippen LogP contribution in [-0.2, 0) is 0 Å². The average Bonchev–Trinajstić information content (AvgIpc) is 2.36. The molecule has 2 rings (SSSR count). The van der Waals surface area contributed by atoms with E-state index < -0.39 is 0 Å². The highest BCUT2D eigenvalue weighted by atomic mass is 16.3. The Kier molecular flexibility index (Phi) is 4.37. The predicted molar refractivity (Wildman–Crippen MR) is 72.1 cm³/mol. The molecule has 1 aromatic heterocycles. The third-order valence-corrected chi connectivity index (χ3v) is 3.63. The zero-order valence-corrected chi connectivity index (χ0v) is 11.1. The maximum Gasteiger partial charge on any atom is 0.251 e. The minimum Gasteiger partial charge on any atom is -0.393 e. The van der Waals surface area contributed by atoms with E-state index >= 15 is 0 Å². The summed E-state index contributed by atoms with van der Waals surface area (Å²) in [4.78, 5) is 25.9. The van der Waals surface area contributed by atoms with Gasteiger partial charge in [0.25, 0.3) is 5.91 Å². The van der Waals surface area contributed by atoms with E-state index in [9.17, 15) is 14.7 Å². The summed E-state index contributed by atoms with van der Waals surface area (Å²) in [7, 11) is 0. The molecule has 5 heteroatoms. The Hall–Kier alpha value is -1.62. The largest absolute Gasteiger partial charge is 0.393 e. The van der Waals surface area contributed by atoms with Crippen molar-refractivity contribution in [3.8, 4) is 0 Å². The van der Waals surface area contributed by atoms with Crippen molar-refractivity contribution in [1.29, 1.82) is 0 Å². The number of aliphatic hydroxyl groups is 1. The lowest BCUT2D eigenvalue weighted by molar-refractivity contribution is 0.0663. The number of pyridine rings is 1. The quantitative estimate of drug-likeness (QED) is 0.760. The lowest BCUT2D eigenvalue weighted by Crippen LogP contribution is -2.37. The van der Waals surface area contributed by atoms with E-state index in [4.69, 9.17) is 0 Å². The number of rotatable bonds is 3. The Morgan fingerprint density at radius 1 is 1.42 bits per heavy atom. The molecule has 3 N–H and O–H groups in total. The van der Waals surface area contributed by atoms with Crippen molar-refractivity contribution in [1.82, 2.24) is 10.3 Å². The monoisotopic (exact) mass is 264 g/mol. The Morgan fingerprint density at radius 2 is 2.16 bits per heavy atom. The second kappa shape index (κ2) is 6.02. The van der Waals surface area contributed by atoms with Crippen LogP contribution < -0.4 is 10.9 Å². The van der Waals surface area contributed by atoms with E-state index in [2.05, 4.69) is 10.3 Å². The number of aromatic nitrogens is 1. The average molecular weight is 264 g/mol. The number of aromatic amines is 1. The number of hydrogen-bond donors (Lipinski definition) is 3. The van der Waals surface area contributed by atoms with Gasteiger partial charge < -0.3 is 15.4 Å². The Labute approximate surface area is 112 Å². The van der Waals surface area contributed by atoms with Crippen LogP contribution in [0, 0.1) is 12.8 Å². The first kappa shape index (κ1) is 13.8. The number of hydrogen-bond acceptors (Lipinski definition) is 3. The molecule has 0 spiro atoms. The smallest absolute Gasteiger partial charge is 0.251 e. The SMILES string of the molecule is Cc1cc(C(=O)NCC2CCCCC2O)cc(=O)[nH]1. The van der Waals surface area contributed by atoms with Crippen LogP contribution in [0.3, 0.4) is 0 Å². The van der Waals surface area contributed by atoms with E-state index in [0.29, 0.717) is 17.8 Å². The number of aryl methyl sites for hydroxylation is 1. The van der Waals surface area contributed by atoms with Crippen LogP contribution in [0.4, 0.5) is 0 Å². The second-order valence-corrected chi connectivity index (χ2v) is 5.24. The molecule has 19 heavy (non-hydrogen) atoms. The molecule has 0 aliphatic heterocycles. The summed E-state index contributed by atoms with van der Waals surface area (Å²) in [6.45, 7) is 2.20. The second-order valence-electron chi connectivity index (χ2n) is 5.24. The van der Waals surface area contributed by atoms with Crippen LogP contribution in [0.5, 0.6) is 0 Å². The first-order chi connectivity index (χ1) is 9.06.